The molecule has 0 saturated carbocycles. The van der Waals surface area contributed by atoms with Crippen molar-refractivity contribution in [3.63, 3.8) is 0 Å². The molecule has 5 aromatic rings. The van der Waals surface area contributed by atoms with Crippen molar-refractivity contribution in [2.75, 3.05) is 0 Å². The predicted octanol–water partition coefficient (Wildman–Crippen LogP) is 4.60. The molecule has 6 nitrogen and oxygen atoms in total. The van der Waals surface area contributed by atoms with Crippen LogP contribution in [0.2, 0.25) is 0 Å². The average Bonchev–Trinajstić information content (AvgIpc) is 3.10. The summed E-state index contributed by atoms with van der Waals surface area (Å²) in [6, 6.07) is 28.4. The van der Waals surface area contributed by atoms with E-state index >= 15 is 0 Å². The number of pyridine rings is 1. The summed E-state index contributed by atoms with van der Waals surface area (Å²) in [6.07, 6.45) is 1.23. The van der Waals surface area contributed by atoms with Crippen molar-refractivity contribution in [3.8, 4) is 17.3 Å². The number of aromatic hydroxyl groups is 1. The van der Waals surface area contributed by atoms with Gasteiger partial charge in [-0.05, 0) is 35.4 Å². The van der Waals surface area contributed by atoms with Crippen LogP contribution in [0.1, 0.15) is 17.2 Å². The summed E-state index contributed by atoms with van der Waals surface area (Å²) in [5, 5.41) is 10.3. The van der Waals surface area contributed by atoms with Gasteiger partial charge in [-0.1, -0.05) is 66.7 Å². The van der Waals surface area contributed by atoms with Crippen molar-refractivity contribution in [1.29, 1.82) is 0 Å². The molecule has 3 aromatic carbocycles. The molecule has 0 saturated heterocycles. The highest BCUT2D eigenvalue weighted by Gasteiger charge is 2.22. The molecule has 5 rings (SSSR count). The number of benzene rings is 3. The van der Waals surface area contributed by atoms with Gasteiger partial charge in [0.2, 0.25) is 5.88 Å². The number of imidazole rings is 1. The lowest BCUT2D eigenvalue weighted by Crippen LogP contribution is -2.22. The zero-order valence-electron chi connectivity index (χ0n) is 17.4. The van der Waals surface area contributed by atoms with E-state index < -0.39 is 6.10 Å². The second kappa shape index (κ2) is 8.07. The van der Waals surface area contributed by atoms with Crippen molar-refractivity contribution in [1.82, 2.24) is 14.1 Å². The first kappa shape index (κ1) is 19.6. The summed E-state index contributed by atoms with van der Waals surface area (Å²) in [4.78, 5) is 17.6. The molecule has 0 bridgehead atoms. The first-order valence-electron chi connectivity index (χ1n) is 10.3. The first-order chi connectivity index (χ1) is 15.6. The van der Waals surface area contributed by atoms with Gasteiger partial charge in [-0.3, -0.25) is 9.13 Å². The monoisotopic (exact) mass is 423 g/mol. The molecule has 2 heterocycles. The highest BCUT2D eigenvalue weighted by molar-refractivity contribution is 5.84. The number of phenols is 1. The second-order valence-corrected chi connectivity index (χ2v) is 7.47. The van der Waals surface area contributed by atoms with E-state index in [1.165, 1.54) is 9.13 Å². The van der Waals surface area contributed by atoms with Gasteiger partial charge in [0.05, 0.1) is 5.52 Å². The van der Waals surface area contributed by atoms with Gasteiger partial charge < -0.3 is 9.84 Å². The molecule has 32 heavy (non-hydrogen) atoms. The molecule has 0 aliphatic heterocycles. The number of rotatable bonds is 5. The lowest BCUT2D eigenvalue weighted by Gasteiger charge is -2.21. The molecule has 0 unspecified atom stereocenters. The fourth-order valence-electron chi connectivity index (χ4n) is 3.96. The predicted molar refractivity (Wildman–Crippen MR) is 123 cm³/mol. The molecule has 0 radical (unpaired) electrons. The topological polar surface area (TPSA) is 69.3 Å². The zero-order valence-corrected chi connectivity index (χ0v) is 17.4. The number of phenolic OH excluding ortho intramolecular Hbond substituents is 1. The van der Waals surface area contributed by atoms with Gasteiger partial charge in [0, 0.05) is 13.2 Å². The number of hydrogen-bond acceptors (Lipinski definition) is 4. The lowest BCUT2D eigenvalue weighted by atomic mass is 10.0. The van der Waals surface area contributed by atoms with Crippen LogP contribution in [0, 0.1) is 0 Å². The van der Waals surface area contributed by atoms with Gasteiger partial charge in [0.1, 0.15) is 17.0 Å². The van der Waals surface area contributed by atoms with E-state index in [0.717, 1.165) is 11.1 Å². The highest BCUT2D eigenvalue weighted by atomic mass is 16.5. The third-order valence-corrected chi connectivity index (χ3v) is 5.47. The molecule has 0 spiro atoms. The molecule has 0 fully saturated rings. The molecule has 0 atom stereocenters. The molecule has 6 heteroatoms. The van der Waals surface area contributed by atoms with Crippen molar-refractivity contribution in [2.45, 2.75) is 6.10 Å². The minimum Gasteiger partial charge on any atom is -0.506 e. The minimum absolute atomic E-state index is 0.0404. The third kappa shape index (κ3) is 3.32. The van der Waals surface area contributed by atoms with Gasteiger partial charge in [-0.15, -0.1) is 0 Å². The Morgan fingerprint density at radius 2 is 1.50 bits per heavy atom. The van der Waals surface area contributed by atoms with Crippen LogP contribution >= 0.6 is 0 Å². The lowest BCUT2D eigenvalue weighted by molar-refractivity contribution is 0.236. The molecule has 1 N–H and O–H groups in total. The standard InChI is InChI=1S/C26H21N3O3/c1-28-23-20(14-8-16-22(23)30)29(26(28)31)21-15-9-17-27-25(21)32-24(18-10-4-2-5-11-18)19-12-6-3-7-13-19/h2-17,24,30H,1H3. The van der Waals surface area contributed by atoms with Gasteiger partial charge >= 0.3 is 5.69 Å². The van der Waals surface area contributed by atoms with Crippen molar-refractivity contribution < 1.29 is 9.84 Å². The van der Waals surface area contributed by atoms with Crippen LogP contribution in [-0.4, -0.2) is 19.2 Å². The Kier molecular flexibility index (Phi) is 4.95. The maximum Gasteiger partial charge on any atom is 0.333 e. The number of ether oxygens (including phenoxy) is 1. The number of fused-ring (bicyclic) bond motifs is 1. The van der Waals surface area contributed by atoms with Crippen LogP contribution in [0.25, 0.3) is 16.7 Å². The normalized spacial score (nSPS) is 11.2. The van der Waals surface area contributed by atoms with Crippen LogP contribution < -0.4 is 10.4 Å². The Morgan fingerprint density at radius 3 is 2.16 bits per heavy atom. The Bertz CT molecular complexity index is 1400. The third-order valence-electron chi connectivity index (χ3n) is 5.47. The first-order valence-corrected chi connectivity index (χ1v) is 10.3. The molecule has 0 aliphatic rings. The number of nitrogens with zero attached hydrogens (tertiary/aromatic N) is 3. The van der Waals surface area contributed by atoms with E-state index in [9.17, 15) is 9.90 Å². The number of para-hydroxylation sites is 1. The van der Waals surface area contributed by atoms with Crippen molar-refractivity contribution >= 4 is 11.0 Å². The zero-order chi connectivity index (χ0) is 22.1. The van der Waals surface area contributed by atoms with E-state index in [1.54, 1.807) is 43.6 Å². The molecule has 0 aliphatic carbocycles. The molecule has 0 amide bonds. The highest BCUT2D eigenvalue weighted by Crippen LogP contribution is 2.32. The largest absolute Gasteiger partial charge is 0.506 e. The molecule has 2 aromatic heterocycles. The summed E-state index contributed by atoms with van der Waals surface area (Å²) in [6.45, 7) is 0. The Balaban J connectivity index is 1.68. The number of aryl methyl sites for hydroxylation is 1. The van der Waals surface area contributed by atoms with E-state index in [1.807, 2.05) is 60.7 Å². The maximum atomic E-state index is 13.2. The van der Waals surface area contributed by atoms with Gasteiger partial charge in [-0.25, -0.2) is 9.78 Å². The fourth-order valence-corrected chi connectivity index (χ4v) is 3.96. The molecular weight excluding hydrogens is 402 g/mol. The minimum atomic E-state index is -0.412. The Morgan fingerprint density at radius 1 is 0.844 bits per heavy atom. The van der Waals surface area contributed by atoms with E-state index in [0.29, 0.717) is 22.6 Å². The Hall–Kier alpha value is -4.32. The maximum absolute atomic E-state index is 13.2. The molecule has 158 valence electrons. The van der Waals surface area contributed by atoms with Crippen LogP contribution in [0.15, 0.2) is 102 Å². The van der Waals surface area contributed by atoms with Crippen LogP contribution in [-0.2, 0) is 7.05 Å². The fraction of sp³-hybridized carbons (Fsp3) is 0.0769. The summed E-state index contributed by atoms with van der Waals surface area (Å²) < 4.78 is 9.42. The van der Waals surface area contributed by atoms with Crippen LogP contribution in [0.4, 0.5) is 0 Å². The Labute approximate surface area is 184 Å². The second-order valence-electron chi connectivity index (χ2n) is 7.47. The summed E-state index contributed by atoms with van der Waals surface area (Å²) in [5.74, 6) is 0.363. The number of aromatic nitrogens is 3. The van der Waals surface area contributed by atoms with Gasteiger partial charge in [-0.2, -0.15) is 0 Å². The van der Waals surface area contributed by atoms with Gasteiger partial charge in [0.15, 0.2) is 6.10 Å². The van der Waals surface area contributed by atoms with Crippen molar-refractivity contribution in [3.05, 3.63) is 119 Å². The SMILES string of the molecule is Cn1c(=O)n(-c2cccnc2OC(c2ccccc2)c2ccccc2)c2cccc(O)c21. The van der Waals surface area contributed by atoms with E-state index in [4.69, 9.17) is 4.74 Å². The van der Waals surface area contributed by atoms with E-state index in [-0.39, 0.29) is 11.4 Å². The summed E-state index contributed by atoms with van der Waals surface area (Å²) in [5.41, 5.74) is 3.18. The smallest absolute Gasteiger partial charge is 0.333 e. The summed E-state index contributed by atoms with van der Waals surface area (Å²) in [7, 11) is 1.63. The van der Waals surface area contributed by atoms with Crippen LogP contribution in [0.3, 0.4) is 0 Å². The molecular formula is C26H21N3O3. The van der Waals surface area contributed by atoms with Gasteiger partial charge in [0.25, 0.3) is 0 Å². The summed E-state index contributed by atoms with van der Waals surface area (Å²) >= 11 is 0. The van der Waals surface area contributed by atoms with Crippen molar-refractivity contribution in [2.24, 2.45) is 7.05 Å². The average molecular weight is 423 g/mol. The van der Waals surface area contributed by atoms with Crippen LogP contribution in [0.5, 0.6) is 11.6 Å². The van der Waals surface area contributed by atoms with E-state index in [2.05, 4.69) is 4.98 Å². The quantitative estimate of drug-likeness (QED) is 0.449. The number of hydrogen-bond donors (Lipinski definition) is 1.